The number of rotatable bonds is 10. The molecule has 26 heavy (non-hydrogen) atoms. The third kappa shape index (κ3) is 8.39. The summed E-state index contributed by atoms with van der Waals surface area (Å²) in [4.78, 5) is 1.51. The molecule has 0 aromatic carbocycles. The van der Waals surface area contributed by atoms with Gasteiger partial charge in [-0.25, -0.2) is 13.2 Å². The fraction of sp³-hybridized carbons (Fsp3) is 0.238. The zero-order chi connectivity index (χ0) is 20.1. The van der Waals surface area contributed by atoms with Gasteiger partial charge in [0.25, 0.3) is 0 Å². The molecule has 1 N–H and O–H groups in total. The molecule has 0 aromatic rings. The van der Waals surface area contributed by atoms with Crippen molar-refractivity contribution in [3.63, 3.8) is 0 Å². The molecular formula is C21H25BrF3N. The summed E-state index contributed by atoms with van der Waals surface area (Å²) in [6.45, 7) is 10.9. The standard InChI is InChI=1S/C21H25BrF3N/c1-6-9-17(10-7-2)18(13-15(3)14-20(24)25)21(26-5)16(4)19(23)11-8-12-22/h6-13,20,26H,1,4,14H2,2-3,5H3/b10-7-,12-8-,15-13+,17-9+,19-11+,21-18+. The van der Waals surface area contributed by atoms with E-state index in [0.717, 1.165) is 0 Å². The van der Waals surface area contributed by atoms with Crippen LogP contribution in [0.25, 0.3) is 0 Å². The molecule has 0 saturated carbocycles. The lowest BCUT2D eigenvalue weighted by atomic mass is 9.95. The molecule has 0 rings (SSSR count). The van der Waals surface area contributed by atoms with Gasteiger partial charge in [-0.05, 0) is 30.5 Å². The van der Waals surface area contributed by atoms with Crippen LogP contribution in [-0.2, 0) is 0 Å². The fourth-order valence-electron chi connectivity index (χ4n) is 2.18. The highest BCUT2D eigenvalue weighted by Gasteiger charge is 2.14. The molecule has 0 unspecified atom stereocenters. The van der Waals surface area contributed by atoms with Crippen LogP contribution in [0.15, 0.2) is 94.5 Å². The van der Waals surface area contributed by atoms with Gasteiger partial charge in [0.2, 0.25) is 6.43 Å². The van der Waals surface area contributed by atoms with Crippen molar-refractivity contribution in [2.75, 3.05) is 7.05 Å². The Kier molecular flexibility index (Phi) is 12.2. The van der Waals surface area contributed by atoms with E-state index >= 15 is 0 Å². The molecule has 0 aliphatic rings. The maximum atomic E-state index is 14.4. The van der Waals surface area contributed by atoms with Crippen LogP contribution >= 0.6 is 15.9 Å². The molecule has 0 spiro atoms. The van der Waals surface area contributed by atoms with Gasteiger partial charge in [-0.1, -0.05) is 71.1 Å². The van der Waals surface area contributed by atoms with Crippen molar-refractivity contribution in [3.05, 3.63) is 94.5 Å². The van der Waals surface area contributed by atoms with E-state index in [4.69, 9.17) is 0 Å². The average Bonchev–Trinajstić information content (AvgIpc) is 2.58. The molecule has 0 amide bonds. The number of likely N-dealkylation sites (N-methyl/N-ethyl adjacent to an activating group) is 1. The third-order valence-corrected chi connectivity index (χ3v) is 3.55. The van der Waals surface area contributed by atoms with E-state index in [2.05, 4.69) is 34.4 Å². The van der Waals surface area contributed by atoms with Gasteiger partial charge in [-0.15, -0.1) is 0 Å². The van der Waals surface area contributed by atoms with E-state index in [9.17, 15) is 13.2 Å². The molecule has 142 valence electrons. The Bertz CT molecular complexity index is 677. The summed E-state index contributed by atoms with van der Waals surface area (Å²) in [5, 5.41) is 2.94. The first kappa shape index (κ1) is 24.0. The van der Waals surface area contributed by atoms with Gasteiger partial charge < -0.3 is 5.32 Å². The Morgan fingerprint density at radius 2 is 1.92 bits per heavy atom. The van der Waals surface area contributed by atoms with Gasteiger partial charge >= 0.3 is 0 Å². The van der Waals surface area contributed by atoms with Gasteiger partial charge in [-0.3, -0.25) is 0 Å². The van der Waals surface area contributed by atoms with Crippen LogP contribution in [0.2, 0.25) is 0 Å². The average molecular weight is 428 g/mol. The van der Waals surface area contributed by atoms with Crippen LogP contribution in [0.4, 0.5) is 13.2 Å². The van der Waals surface area contributed by atoms with E-state index in [0.29, 0.717) is 22.4 Å². The Balaban J connectivity index is 6.54. The predicted octanol–water partition coefficient (Wildman–Crippen LogP) is 7.07. The number of halogens is 4. The van der Waals surface area contributed by atoms with E-state index in [1.807, 2.05) is 6.92 Å². The first-order chi connectivity index (χ1) is 12.3. The van der Waals surface area contributed by atoms with E-state index < -0.39 is 12.3 Å². The molecule has 0 saturated heterocycles. The summed E-state index contributed by atoms with van der Waals surface area (Å²) in [6, 6.07) is 0. The molecule has 0 radical (unpaired) electrons. The van der Waals surface area contributed by atoms with Crippen LogP contribution < -0.4 is 5.32 Å². The number of hydrogen-bond donors (Lipinski definition) is 1. The van der Waals surface area contributed by atoms with Crippen LogP contribution in [0, 0.1) is 0 Å². The Morgan fingerprint density at radius 3 is 2.38 bits per heavy atom. The maximum Gasteiger partial charge on any atom is 0.242 e. The van der Waals surface area contributed by atoms with Gasteiger partial charge in [0.05, 0.1) is 5.70 Å². The third-order valence-electron chi connectivity index (χ3n) is 3.25. The van der Waals surface area contributed by atoms with Gasteiger partial charge in [0, 0.05) is 24.6 Å². The predicted molar refractivity (Wildman–Crippen MR) is 110 cm³/mol. The summed E-state index contributed by atoms with van der Waals surface area (Å²) in [7, 11) is 1.63. The summed E-state index contributed by atoms with van der Waals surface area (Å²) >= 11 is 3.07. The minimum Gasteiger partial charge on any atom is -0.387 e. The normalized spacial score (nSPS) is 15.0. The fourth-order valence-corrected chi connectivity index (χ4v) is 2.33. The lowest BCUT2D eigenvalue weighted by Gasteiger charge is -2.16. The van der Waals surface area contributed by atoms with Gasteiger partial charge in [0.15, 0.2) is 0 Å². The monoisotopic (exact) mass is 427 g/mol. The largest absolute Gasteiger partial charge is 0.387 e. The Hall–Kier alpha value is -2.01. The molecule has 0 aliphatic heterocycles. The van der Waals surface area contributed by atoms with Crippen molar-refractivity contribution in [1.29, 1.82) is 0 Å². The topological polar surface area (TPSA) is 12.0 Å². The lowest BCUT2D eigenvalue weighted by Crippen LogP contribution is -2.12. The summed E-state index contributed by atoms with van der Waals surface area (Å²) in [5.41, 5.74) is 2.25. The minimum absolute atomic E-state index is 0.119. The van der Waals surface area contributed by atoms with Crippen LogP contribution in [0.1, 0.15) is 20.3 Å². The highest BCUT2D eigenvalue weighted by Crippen LogP contribution is 2.27. The van der Waals surface area contributed by atoms with E-state index in [-0.39, 0.29) is 12.0 Å². The van der Waals surface area contributed by atoms with Crippen molar-refractivity contribution in [2.24, 2.45) is 0 Å². The summed E-state index contributed by atoms with van der Waals surface area (Å²) < 4.78 is 39.8. The second-order valence-corrected chi connectivity index (χ2v) is 5.82. The van der Waals surface area contributed by atoms with Crippen molar-refractivity contribution in [3.8, 4) is 0 Å². The second-order valence-electron chi connectivity index (χ2n) is 5.29. The molecule has 0 fully saturated rings. The van der Waals surface area contributed by atoms with Crippen LogP contribution in [0.5, 0.6) is 0 Å². The molecule has 0 bridgehead atoms. The van der Waals surface area contributed by atoms with E-state index in [1.165, 1.54) is 17.1 Å². The van der Waals surface area contributed by atoms with Crippen molar-refractivity contribution in [2.45, 2.75) is 26.7 Å². The molecular weight excluding hydrogens is 403 g/mol. The second kappa shape index (κ2) is 13.2. The molecule has 0 aliphatic carbocycles. The molecule has 1 nitrogen and oxygen atoms in total. The number of hydrogen-bond acceptors (Lipinski definition) is 1. The Labute approximate surface area is 162 Å². The lowest BCUT2D eigenvalue weighted by molar-refractivity contribution is 0.149. The minimum atomic E-state index is -2.46. The number of allylic oxidation sites excluding steroid dienone is 11. The molecule has 0 heterocycles. The molecule has 0 atom stereocenters. The van der Waals surface area contributed by atoms with Gasteiger partial charge in [0.1, 0.15) is 5.83 Å². The first-order valence-electron chi connectivity index (χ1n) is 7.97. The van der Waals surface area contributed by atoms with Gasteiger partial charge in [-0.2, -0.15) is 0 Å². The summed E-state index contributed by atoms with van der Waals surface area (Å²) in [6.07, 6.45) is 8.46. The highest BCUT2D eigenvalue weighted by molar-refractivity contribution is 9.11. The Morgan fingerprint density at radius 1 is 1.27 bits per heavy atom. The van der Waals surface area contributed by atoms with Crippen molar-refractivity contribution in [1.82, 2.24) is 5.32 Å². The maximum absolute atomic E-state index is 14.4. The molecule has 0 aromatic heterocycles. The smallest absolute Gasteiger partial charge is 0.242 e. The van der Waals surface area contributed by atoms with Crippen LogP contribution in [0.3, 0.4) is 0 Å². The quantitative estimate of drug-likeness (QED) is 0.367. The van der Waals surface area contributed by atoms with Crippen LogP contribution in [-0.4, -0.2) is 13.5 Å². The summed E-state index contributed by atoms with van der Waals surface area (Å²) in [5.74, 6) is -0.541. The SMILES string of the molecule is C=C/C=C(\C=C/C)C(/C=C(\C)CC(F)F)=C(/NC)C(=C)/C(F)=C\C=C/Br. The van der Waals surface area contributed by atoms with Crippen molar-refractivity contribution < 1.29 is 13.2 Å². The van der Waals surface area contributed by atoms with E-state index in [1.54, 1.807) is 44.4 Å². The number of alkyl halides is 2. The first-order valence-corrected chi connectivity index (χ1v) is 8.89. The zero-order valence-electron chi connectivity index (χ0n) is 15.3. The molecule has 5 heteroatoms. The number of nitrogens with one attached hydrogen (secondary N) is 1. The highest BCUT2D eigenvalue weighted by atomic mass is 79.9. The zero-order valence-corrected chi connectivity index (χ0v) is 16.9. The van der Waals surface area contributed by atoms with Crippen molar-refractivity contribution >= 4 is 15.9 Å².